The molecule has 1 aliphatic heterocycles. The van der Waals surface area contributed by atoms with Crippen LogP contribution >= 0.6 is 23.4 Å². The van der Waals surface area contributed by atoms with E-state index in [0.717, 1.165) is 35.5 Å². The highest BCUT2D eigenvalue weighted by Gasteiger charge is 2.30. The minimum atomic E-state index is -0.771. The second kappa shape index (κ2) is 6.37. The Kier molecular flexibility index (Phi) is 4.99. The normalized spacial score (nSPS) is 17.8. The molecule has 3 nitrogen and oxygen atoms in total. The quantitative estimate of drug-likeness (QED) is 0.902. The van der Waals surface area contributed by atoms with Gasteiger partial charge in [-0.05, 0) is 61.5 Å². The van der Waals surface area contributed by atoms with Crippen LogP contribution in [0.15, 0.2) is 12.1 Å². The zero-order valence-corrected chi connectivity index (χ0v) is 13.4. The predicted octanol–water partition coefficient (Wildman–Crippen LogP) is 2.94. The number of halogens is 1. The molecule has 1 aliphatic rings. The van der Waals surface area contributed by atoms with Crippen molar-refractivity contribution in [2.24, 2.45) is 0 Å². The van der Waals surface area contributed by atoms with Crippen molar-refractivity contribution in [3.8, 4) is 0 Å². The lowest BCUT2D eigenvalue weighted by Crippen LogP contribution is -2.45. The van der Waals surface area contributed by atoms with E-state index in [9.17, 15) is 9.90 Å². The topological polar surface area (TPSA) is 49.3 Å². The smallest absolute Gasteiger partial charge is 0.252 e. The van der Waals surface area contributed by atoms with Gasteiger partial charge in [0.2, 0.25) is 0 Å². The first kappa shape index (κ1) is 15.7. The Morgan fingerprint density at radius 3 is 2.60 bits per heavy atom. The third-order valence-electron chi connectivity index (χ3n) is 3.83. The van der Waals surface area contributed by atoms with Gasteiger partial charge in [0.15, 0.2) is 0 Å². The zero-order valence-electron chi connectivity index (χ0n) is 11.8. The highest BCUT2D eigenvalue weighted by Crippen LogP contribution is 2.26. The molecule has 0 aliphatic carbocycles. The van der Waals surface area contributed by atoms with Crippen molar-refractivity contribution < 1.29 is 9.90 Å². The first-order chi connectivity index (χ1) is 9.41. The van der Waals surface area contributed by atoms with Crippen molar-refractivity contribution >= 4 is 29.3 Å². The Labute approximate surface area is 129 Å². The molecule has 0 bridgehead atoms. The van der Waals surface area contributed by atoms with Gasteiger partial charge in [-0.3, -0.25) is 4.79 Å². The van der Waals surface area contributed by atoms with Crippen LogP contribution in [0.3, 0.4) is 0 Å². The largest absolute Gasteiger partial charge is 0.388 e. The minimum Gasteiger partial charge on any atom is -0.388 e. The predicted molar refractivity (Wildman–Crippen MR) is 84.8 cm³/mol. The van der Waals surface area contributed by atoms with Crippen LogP contribution in [-0.4, -0.2) is 34.7 Å². The average molecular weight is 314 g/mol. The summed E-state index contributed by atoms with van der Waals surface area (Å²) in [6.07, 6.45) is 1.44. The lowest BCUT2D eigenvalue weighted by molar-refractivity contribution is 0.0311. The first-order valence-corrected chi connectivity index (χ1v) is 8.30. The number of aliphatic hydroxyl groups is 1. The first-order valence-electron chi connectivity index (χ1n) is 6.76. The number of carbonyl (C=O) groups is 1. The molecule has 1 heterocycles. The van der Waals surface area contributed by atoms with Crippen LogP contribution in [0.1, 0.15) is 34.3 Å². The van der Waals surface area contributed by atoms with Crippen molar-refractivity contribution in [1.82, 2.24) is 5.32 Å². The number of aryl methyl sites for hydroxylation is 2. The molecule has 2 rings (SSSR count). The molecular weight excluding hydrogens is 294 g/mol. The lowest BCUT2D eigenvalue weighted by atomic mass is 9.96. The van der Waals surface area contributed by atoms with Crippen LogP contribution in [-0.2, 0) is 0 Å². The molecule has 1 amide bonds. The molecular formula is C15H20ClNO2S. The molecule has 1 saturated heterocycles. The van der Waals surface area contributed by atoms with E-state index >= 15 is 0 Å². The summed E-state index contributed by atoms with van der Waals surface area (Å²) >= 11 is 7.97. The zero-order chi connectivity index (χ0) is 14.8. The lowest BCUT2D eigenvalue weighted by Gasteiger charge is -2.31. The van der Waals surface area contributed by atoms with Crippen molar-refractivity contribution in [2.75, 3.05) is 18.1 Å². The fourth-order valence-corrected chi connectivity index (χ4v) is 3.78. The SMILES string of the molecule is Cc1cc(Cl)c(C(=O)NCC2(O)CCSCC2)cc1C. The maximum absolute atomic E-state index is 12.2. The van der Waals surface area contributed by atoms with Gasteiger partial charge < -0.3 is 10.4 Å². The van der Waals surface area contributed by atoms with Gasteiger partial charge in [0, 0.05) is 6.54 Å². The number of rotatable bonds is 3. The Bertz CT molecular complexity index is 513. The number of hydrogen-bond donors (Lipinski definition) is 2. The molecule has 0 saturated carbocycles. The molecule has 0 radical (unpaired) electrons. The van der Waals surface area contributed by atoms with E-state index in [1.165, 1.54) is 0 Å². The third kappa shape index (κ3) is 3.68. The number of nitrogens with one attached hydrogen (secondary N) is 1. The number of carbonyl (C=O) groups excluding carboxylic acids is 1. The second-order valence-electron chi connectivity index (χ2n) is 5.44. The molecule has 5 heteroatoms. The monoisotopic (exact) mass is 313 g/mol. The maximum atomic E-state index is 12.2. The van der Waals surface area contributed by atoms with Gasteiger partial charge in [-0.15, -0.1) is 0 Å². The van der Waals surface area contributed by atoms with Crippen LogP contribution < -0.4 is 5.32 Å². The fourth-order valence-electron chi connectivity index (χ4n) is 2.22. The molecule has 0 spiro atoms. The van der Waals surface area contributed by atoms with E-state index in [0.29, 0.717) is 10.6 Å². The van der Waals surface area contributed by atoms with E-state index in [2.05, 4.69) is 5.32 Å². The number of thioether (sulfide) groups is 1. The van der Waals surface area contributed by atoms with E-state index in [-0.39, 0.29) is 12.5 Å². The summed E-state index contributed by atoms with van der Waals surface area (Å²) in [4.78, 5) is 12.2. The molecule has 1 fully saturated rings. The highest BCUT2D eigenvalue weighted by molar-refractivity contribution is 7.99. The Morgan fingerprint density at radius 2 is 1.95 bits per heavy atom. The molecule has 1 aromatic carbocycles. The summed E-state index contributed by atoms with van der Waals surface area (Å²) in [6, 6.07) is 3.60. The van der Waals surface area contributed by atoms with Crippen molar-refractivity contribution in [3.05, 3.63) is 33.8 Å². The van der Waals surface area contributed by atoms with Crippen LogP contribution in [0.2, 0.25) is 5.02 Å². The minimum absolute atomic E-state index is 0.218. The summed E-state index contributed by atoms with van der Waals surface area (Å²) in [7, 11) is 0. The summed E-state index contributed by atoms with van der Waals surface area (Å²) in [5.74, 6) is 1.66. The molecule has 0 aromatic heterocycles. The van der Waals surface area contributed by atoms with Crippen molar-refractivity contribution in [1.29, 1.82) is 0 Å². The van der Waals surface area contributed by atoms with Gasteiger partial charge in [0.25, 0.3) is 5.91 Å². The second-order valence-corrected chi connectivity index (χ2v) is 7.07. The van der Waals surface area contributed by atoms with Crippen LogP contribution in [0.25, 0.3) is 0 Å². The van der Waals surface area contributed by atoms with Gasteiger partial charge in [-0.1, -0.05) is 11.6 Å². The third-order valence-corrected chi connectivity index (χ3v) is 5.13. The summed E-state index contributed by atoms with van der Waals surface area (Å²) in [6.45, 7) is 4.20. The molecule has 0 atom stereocenters. The van der Waals surface area contributed by atoms with Gasteiger partial charge in [-0.25, -0.2) is 0 Å². The number of hydrogen-bond acceptors (Lipinski definition) is 3. The van der Waals surface area contributed by atoms with Crippen LogP contribution in [0.4, 0.5) is 0 Å². The van der Waals surface area contributed by atoms with Gasteiger partial charge in [0.1, 0.15) is 0 Å². The van der Waals surface area contributed by atoms with E-state index < -0.39 is 5.60 Å². The Morgan fingerprint density at radius 1 is 1.35 bits per heavy atom. The molecule has 1 aromatic rings. The average Bonchev–Trinajstić information content (AvgIpc) is 2.41. The number of benzene rings is 1. The highest BCUT2D eigenvalue weighted by atomic mass is 35.5. The van der Waals surface area contributed by atoms with Gasteiger partial charge in [-0.2, -0.15) is 11.8 Å². The molecule has 110 valence electrons. The summed E-state index contributed by atoms with van der Waals surface area (Å²) in [5, 5.41) is 13.6. The van der Waals surface area contributed by atoms with Gasteiger partial charge >= 0.3 is 0 Å². The Balaban J connectivity index is 2.03. The molecule has 20 heavy (non-hydrogen) atoms. The van der Waals surface area contributed by atoms with E-state index in [4.69, 9.17) is 11.6 Å². The van der Waals surface area contributed by atoms with Gasteiger partial charge in [0.05, 0.1) is 16.2 Å². The summed E-state index contributed by atoms with van der Waals surface area (Å²) in [5.41, 5.74) is 1.80. The Hall–Kier alpha value is -0.710. The van der Waals surface area contributed by atoms with Crippen molar-refractivity contribution in [2.45, 2.75) is 32.3 Å². The fraction of sp³-hybridized carbons (Fsp3) is 0.533. The molecule has 2 N–H and O–H groups in total. The number of amides is 1. The van der Waals surface area contributed by atoms with Crippen molar-refractivity contribution in [3.63, 3.8) is 0 Å². The molecule has 0 unspecified atom stereocenters. The van der Waals surface area contributed by atoms with Crippen LogP contribution in [0.5, 0.6) is 0 Å². The van der Waals surface area contributed by atoms with E-state index in [1.54, 1.807) is 12.1 Å². The van der Waals surface area contributed by atoms with Crippen LogP contribution in [0, 0.1) is 13.8 Å². The van der Waals surface area contributed by atoms with E-state index in [1.807, 2.05) is 25.6 Å². The standard InChI is InChI=1S/C15H20ClNO2S/c1-10-7-12(13(16)8-11(10)2)14(18)17-9-15(19)3-5-20-6-4-15/h7-8,19H,3-6,9H2,1-2H3,(H,17,18). The maximum Gasteiger partial charge on any atom is 0.252 e. The summed E-state index contributed by atoms with van der Waals surface area (Å²) < 4.78 is 0.